The highest BCUT2D eigenvalue weighted by Crippen LogP contribution is 2.33. The van der Waals surface area contributed by atoms with Crippen molar-refractivity contribution < 1.29 is 9.59 Å². The van der Waals surface area contributed by atoms with Crippen molar-refractivity contribution in [3.05, 3.63) is 57.6 Å². The summed E-state index contributed by atoms with van der Waals surface area (Å²) in [5.41, 5.74) is 3.30. The molecule has 4 nitrogen and oxygen atoms in total. The molecule has 124 valence electrons. The van der Waals surface area contributed by atoms with Crippen LogP contribution in [-0.2, 0) is 9.59 Å². The molecule has 0 spiro atoms. The molecule has 24 heavy (non-hydrogen) atoms. The number of rotatable bonds is 3. The summed E-state index contributed by atoms with van der Waals surface area (Å²) < 4.78 is 0. The molecule has 3 rings (SSSR count). The molecular weight excluding hydrogens is 347 g/mol. The van der Waals surface area contributed by atoms with Crippen LogP contribution in [0.2, 0.25) is 10.0 Å². The summed E-state index contributed by atoms with van der Waals surface area (Å²) in [6.07, 6.45) is 0.0889. The Bertz CT molecular complexity index is 816. The first-order valence-electron chi connectivity index (χ1n) is 7.53. The van der Waals surface area contributed by atoms with Crippen molar-refractivity contribution in [2.24, 2.45) is 0 Å². The van der Waals surface area contributed by atoms with E-state index < -0.39 is 6.04 Å². The molecule has 2 aromatic carbocycles. The number of carbonyl (C=O) groups excluding carboxylic acids is 2. The van der Waals surface area contributed by atoms with Crippen molar-refractivity contribution >= 4 is 46.4 Å². The van der Waals surface area contributed by atoms with Crippen LogP contribution < -0.4 is 10.2 Å². The Hall–Kier alpha value is -2.04. The number of nitrogens with one attached hydrogen (secondary N) is 1. The number of benzene rings is 2. The number of imide groups is 1. The number of hydrogen-bond acceptors (Lipinski definition) is 3. The van der Waals surface area contributed by atoms with Crippen molar-refractivity contribution in [2.45, 2.75) is 26.3 Å². The molecule has 0 unspecified atom stereocenters. The first-order chi connectivity index (χ1) is 11.4. The molecule has 1 aliphatic rings. The Labute approximate surface area is 150 Å². The average molecular weight is 363 g/mol. The van der Waals surface area contributed by atoms with E-state index in [1.807, 2.05) is 32.0 Å². The lowest BCUT2D eigenvalue weighted by Crippen LogP contribution is -2.35. The van der Waals surface area contributed by atoms with E-state index in [0.29, 0.717) is 10.7 Å². The minimum absolute atomic E-state index is 0.0889. The van der Waals surface area contributed by atoms with Crippen LogP contribution in [0.4, 0.5) is 11.4 Å². The molecule has 0 radical (unpaired) electrons. The third-order valence-electron chi connectivity index (χ3n) is 4.10. The maximum atomic E-state index is 12.7. The molecule has 0 saturated carbocycles. The molecule has 0 aliphatic carbocycles. The van der Waals surface area contributed by atoms with Crippen molar-refractivity contribution in [1.82, 2.24) is 0 Å². The van der Waals surface area contributed by atoms with Gasteiger partial charge in [-0.25, -0.2) is 4.90 Å². The predicted octanol–water partition coefficient (Wildman–Crippen LogP) is 4.35. The third-order valence-corrected chi connectivity index (χ3v) is 4.63. The Kier molecular flexibility index (Phi) is 4.52. The maximum Gasteiger partial charge on any atom is 0.256 e. The van der Waals surface area contributed by atoms with E-state index in [-0.39, 0.29) is 23.3 Å². The lowest BCUT2D eigenvalue weighted by molar-refractivity contribution is -0.121. The summed E-state index contributed by atoms with van der Waals surface area (Å²) in [7, 11) is 0. The number of para-hydroxylation sites is 1. The van der Waals surface area contributed by atoms with Gasteiger partial charge in [0.2, 0.25) is 5.91 Å². The van der Waals surface area contributed by atoms with E-state index in [1.54, 1.807) is 12.1 Å². The Balaban J connectivity index is 1.89. The van der Waals surface area contributed by atoms with Gasteiger partial charge in [0.15, 0.2) is 0 Å². The van der Waals surface area contributed by atoms with Crippen LogP contribution in [0.15, 0.2) is 36.4 Å². The number of amides is 2. The van der Waals surface area contributed by atoms with E-state index in [1.165, 1.54) is 6.07 Å². The number of nitrogens with zero attached hydrogens (tertiary/aromatic N) is 1. The quantitative estimate of drug-likeness (QED) is 0.825. The van der Waals surface area contributed by atoms with Gasteiger partial charge in [-0.3, -0.25) is 9.59 Å². The summed E-state index contributed by atoms with van der Waals surface area (Å²) in [4.78, 5) is 26.2. The molecule has 0 bridgehead atoms. The zero-order valence-corrected chi connectivity index (χ0v) is 14.8. The molecule has 6 heteroatoms. The van der Waals surface area contributed by atoms with Gasteiger partial charge in [0.05, 0.1) is 17.1 Å². The zero-order valence-electron chi connectivity index (χ0n) is 13.3. The molecule has 2 amide bonds. The van der Waals surface area contributed by atoms with Gasteiger partial charge in [0, 0.05) is 10.7 Å². The molecule has 0 aromatic heterocycles. The molecule has 1 N–H and O–H groups in total. The van der Waals surface area contributed by atoms with E-state index in [2.05, 4.69) is 5.32 Å². The number of anilines is 2. The van der Waals surface area contributed by atoms with Crippen molar-refractivity contribution in [2.75, 3.05) is 10.2 Å². The van der Waals surface area contributed by atoms with Gasteiger partial charge >= 0.3 is 0 Å². The smallest absolute Gasteiger partial charge is 0.256 e. The highest BCUT2D eigenvalue weighted by Gasteiger charge is 2.40. The molecule has 1 aliphatic heterocycles. The van der Waals surface area contributed by atoms with E-state index in [9.17, 15) is 9.59 Å². The van der Waals surface area contributed by atoms with Crippen LogP contribution in [0.5, 0.6) is 0 Å². The lowest BCUT2D eigenvalue weighted by Gasteiger charge is -2.19. The third kappa shape index (κ3) is 2.99. The fourth-order valence-corrected chi connectivity index (χ4v) is 3.37. The van der Waals surface area contributed by atoms with Crippen LogP contribution in [0.1, 0.15) is 17.5 Å². The minimum Gasteiger partial charge on any atom is -0.373 e. The monoisotopic (exact) mass is 362 g/mol. The Morgan fingerprint density at radius 2 is 1.75 bits per heavy atom. The zero-order chi connectivity index (χ0) is 17.4. The second-order valence-corrected chi connectivity index (χ2v) is 6.67. The van der Waals surface area contributed by atoms with E-state index in [4.69, 9.17) is 23.2 Å². The van der Waals surface area contributed by atoms with Crippen molar-refractivity contribution in [1.29, 1.82) is 0 Å². The molecule has 1 atom stereocenters. The van der Waals surface area contributed by atoms with Gasteiger partial charge in [-0.05, 0) is 43.2 Å². The summed E-state index contributed by atoms with van der Waals surface area (Å²) >= 11 is 12.0. The Morgan fingerprint density at radius 3 is 2.38 bits per heavy atom. The first-order valence-corrected chi connectivity index (χ1v) is 8.28. The summed E-state index contributed by atoms with van der Waals surface area (Å²) in [6, 6.07) is 9.98. The van der Waals surface area contributed by atoms with Gasteiger partial charge in [-0.2, -0.15) is 0 Å². The number of hydrogen-bond donors (Lipinski definition) is 1. The van der Waals surface area contributed by atoms with E-state index in [0.717, 1.165) is 21.7 Å². The van der Waals surface area contributed by atoms with E-state index >= 15 is 0 Å². The fourth-order valence-electron chi connectivity index (χ4n) is 2.88. The van der Waals surface area contributed by atoms with Gasteiger partial charge in [0.1, 0.15) is 6.04 Å². The molecule has 1 fully saturated rings. The first kappa shape index (κ1) is 16.8. The predicted molar refractivity (Wildman–Crippen MR) is 96.9 cm³/mol. The molecule has 1 heterocycles. The number of halogens is 2. The highest BCUT2D eigenvalue weighted by molar-refractivity contribution is 6.38. The second-order valence-electron chi connectivity index (χ2n) is 5.83. The number of carbonyl (C=O) groups is 2. The lowest BCUT2D eigenvalue weighted by atomic mass is 10.1. The van der Waals surface area contributed by atoms with Crippen LogP contribution in [0.25, 0.3) is 0 Å². The molecule has 2 aromatic rings. The Morgan fingerprint density at radius 1 is 1.08 bits per heavy atom. The largest absolute Gasteiger partial charge is 0.373 e. The number of aryl methyl sites for hydroxylation is 2. The van der Waals surface area contributed by atoms with Crippen molar-refractivity contribution in [3.63, 3.8) is 0 Å². The summed E-state index contributed by atoms with van der Waals surface area (Å²) in [6.45, 7) is 3.93. The maximum absolute atomic E-state index is 12.7. The SMILES string of the molecule is Cc1cccc(C)c1N[C@@H]1CC(=O)N(c2ccc(Cl)cc2Cl)C1=O. The van der Waals surface area contributed by atoms with Gasteiger partial charge in [-0.1, -0.05) is 41.4 Å². The molecular formula is C18H16Cl2N2O2. The fraction of sp³-hybridized carbons (Fsp3) is 0.222. The van der Waals surface area contributed by atoms with Crippen LogP contribution >= 0.6 is 23.2 Å². The standard InChI is InChI=1S/C18H16Cl2N2O2/c1-10-4-3-5-11(2)17(10)21-14-9-16(23)22(18(14)24)15-7-6-12(19)8-13(15)20/h3-8,14,21H,9H2,1-2H3/t14-/m1/s1. The summed E-state index contributed by atoms with van der Waals surface area (Å²) in [5.74, 6) is -0.597. The van der Waals surface area contributed by atoms with Gasteiger partial charge in [-0.15, -0.1) is 0 Å². The highest BCUT2D eigenvalue weighted by atomic mass is 35.5. The van der Waals surface area contributed by atoms with Crippen LogP contribution in [0.3, 0.4) is 0 Å². The topological polar surface area (TPSA) is 49.4 Å². The van der Waals surface area contributed by atoms with Gasteiger partial charge in [0.25, 0.3) is 5.91 Å². The minimum atomic E-state index is -0.607. The van der Waals surface area contributed by atoms with Crippen molar-refractivity contribution in [3.8, 4) is 0 Å². The van der Waals surface area contributed by atoms with Gasteiger partial charge < -0.3 is 5.32 Å². The van der Waals surface area contributed by atoms with Crippen LogP contribution in [-0.4, -0.2) is 17.9 Å². The summed E-state index contributed by atoms with van der Waals surface area (Å²) in [5, 5.41) is 3.93. The van der Waals surface area contributed by atoms with Crippen LogP contribution in [0, 0.1) is 13.8 Å². The normalized spacial score (nSPS) is 17.5. The molecule has 1 saturated heterocycles. The second kappa shape index (κ2) is 6.46. The average Bonchev–Trinajstić information content (AvgIpc) is 2.78.